The zero-order valence-corrected chi connectivity index (χ0v) is 8.55. The average Bonchev–Trinajstić information content (AvgIpc) is 2.15. The Bertz CT molecular complexity index is 221. The Labute approximate surface area is 84.1 Å². The van der Waals surface area contributed by atoms with Crippen LogP contribution in [0.1, 0.15) is 19.8 Å². The lowest BCUT2D eigenvalue weighted by molar-refractivity contribution is -0.119. The first-order valence-electron chi connectivity index (χ1n) is 4.93. The van der Waals surface area contributed by atoms with Gasteiger partial charge in [-0.2, -0.15) is 0 Å². The lowest BCUT2D eigenvalue weighted by atomic mass is 9.97. The highest BCUT2D eigenvalue weighted by atomic mass is 16.1. The lowest BCUT2D eigenvalue weighted by Gasteiger charge is -2.32. The van der Waals surface area contributed by atoms with Crippen LogP contribution in [-0.4, -0.2) is 36.4 Å². The second-order valence-corrected chi connectivity index (χ2v) is 3.75. The molecular formula is C9H18N4O. The third-order valence-corrected chi connectivity index (χ3v) is 2.59. The maximum Gasteiger partial charge on any atom is 0.216 e. The molecule has 0 aromatic carbocycles. The molecule has 0 unspecified atom stereocenters. The molecule has 5 heteroatoms. The zero-order chi connectivity index (χ0) is 10.6. The topological polar surface area (TPSA) is 82.2 Å². The van der Waals surface area contributed by atoms with E-state index in [1.807, 2.05) is 4.90 Å². The fourth-order valence-electron chi connectivity index (χ4n) is 1.67. The number of nitrogens with zero attached hydrogens (tertiary/aromatic N) is 1. The summed E-state index contributed by atoms with van der Waals surface area (Å²) in [4.78, 5) is 12.5. The third kappa shape index (κ3) is 3.24. The van der Waals surface area contributed by atoms with Crippen LogP contribution >= 0.6 is 0 Å². The molecule has 0 aliphatic carbocycles. The molecule has 0 bridgehead atoms. The van der Waals surface area contributed by atoms with E-state index in [4.69, 9.17) is 11.1 Å². The predicted octanol–water partition coefficient (Wildman–Crippen LogP) is -0.272. The first-order chi connectivity index (χ1) is 6.59. The summed E-state index contributed by atoms with van der Waals surface area (Å²) >= 11 is 0. The quantitative estimate of drug-likeness (QED) is 0.422. The van der Waals surface area contributed by atoms with Gasteiger partial charge in [-0.1, -0.05) is 0 Å². The maximum absolute atomic E-state index is 10.7. The van der Waals surface area contributed by atoms with Gasteiger partial charge in [-0.05, 0) is 18.8 Å². The van der Waals surface area contributed by atoms with Crippen molar-refractivity contribution in [2.24, 2.45) is 11.7 Å². The fourth-order valence-corrected chi connectivity index (χ4v) is 1.67. The molecule has 1 amide bonds. The molecule has 4 N–H and O–H groups in total. The van der Waals surface area contributed by atoms with Crippen molar-refractivity contribution in [3.63, 3.8) is 0 Å². The average molecular weight is 198 g/mol. The van der Waals surface area contributed by atoms with E-state index in [0.29, 0.717) is 5.92 Å². The first kappa shape index (κ1) is 10.8. The fraction of sp³-hybridized carbons (Fsp3) is 0.778. The molecule has 1 aliphatic heterocycles. The van der Waals surface area contributed by atoms with Crippen LogP contribution in [0.2, 0.25) is 0 Å². The molecule has 1 aliphatic rings. The van der Waals surface area contributed by atoms with Crippen LogP contribution in [0.5, 0.6) is 0 Å². The normalized spacial score (nSPS) is 17.9. The summed E-state index contributed by atoms with van der Waals surface area (Å²) in [6.07, 6.45) is 2.00. The van der Waals surface area contributed by atoms with Crippen molar-refractivity contribution in [2.45, 2.75) is 19.8 Å². The molecule has 0 aromatic rings. The Morgan fingerprint density at radius 1 is 1.57 bits per heavy atom. The van der Waals surface area contributed by atoms with Crippen LogP contribution in [0.15, 0.2) is 0 Å². The van der Waals surface area contributed by atoms with Gasteiger partial charge in [0.05, 0.1) is 0 Å². The summed E-state index contributed by atoms with van der Waals surface area (Å²) < 4.78 is 0. The molecule has 80 valence electrons. The molecule has 0 atom stereocenters. The molecule has 1 rings (SSSR count). The van der Waals surface area contributed by atoms with Gasteiger partial charge in [-0.3, -0.25) is 10.2 Å². The van der Waals surface area contributed by atoms with E-state index in [9.17, 15) is 4.79 Å². The van der Waals surface area contributed by atoms with Gasteiger partial charge in [0, 0.05) is 26.6 Å². The van der Waals surface area contributed by atoms with E-state index < -0.39 is 0 Å². The molecule has 0 radical (unpaired) electrons. The van der Waals surface area contributed by atoms with Gasteiger partial charge in [0.25, 0.3) is 0 Å². The highest BCUT2D eigenvalue weighted by Gasteiger charge is 2.19. The van der Waals surface area contributed by atoms with Gasteiger partial charge in [0.1, 0.15) is 0 Å². The number of piperidine rings is 1. The van der Waals surface area contributed by atoms with E-state index in [2.05, 4.69) is 5.32 Å². The Hall–Kier alpha value is -1.26. The van der Waals surface area contributed by atoms with Crippen LogP contribution in [-0.2, 0) is 4.79 Å². The molecule has 14 heavy (non-hydrogen) atoms. The summed E-state index contributed by atoms with van der Waals surface area (Å²) in [5.74, 6) is 0.719. The van der Waals surface area contributed by atoms with E-state index in [-0.39, 0.29) is 11.9 Å². The highest BCUT2D eigenvalue weighted by Crippen LogP contribution is 2.15. The summed E-state index contributed by atoms with van der Waals surface area (Å²) in [6, 6.07) is 0. The molecule has 0 aromatic heterocycles. The van der Waals surface area contributed by atoms with Gasteiger partial charge < -0.3 is 16.0 Å². The molecule has 1 heterocycles. The number of rotatable bonds is 2. The van der Waals surface area contributed by atoms with Crippen molar-refractivity contribution < 1.29 is 4.79 Å². The number of amides is 1. The smallest absolute Gasteiger partial charge is 0.216 e. The van der Waals surface area contributed by atoms with Crippen molar-refractivity contribution in [2.75, 3.05) is 19.6 Å². The van der Waals surface area contributed by atoms with Crippen molar-refractivity contribution in [3.8, 4) is 0 Å². The minimum absolute atomic E-state index is 0.0268. The molecular weight excluding hydrogens is 180 g/mol. The Morgan fingerprint density at radius 3 is 2.57 bits per heavy atom. The standard InChI is InChI=1S/C9H18N4O/c1-7(14)12-6-8-2-4-13(5-3-8)9(10)11/h8H,2-6H2,1H3,(H3,10,11)(H,12,14). The number of nitrogens with two attached hydrogens (primary N) is 1. The van der Waals surface area contributed by atoms with Gasteiger partial charge in [-0.25, -0.2) is 0 Å². The number of likely N-dealkylation sites (tertiary alicyclic amines) is 1. The van der Waals surface area contributed by atoms with Gasteiger partial charge in [-0.15, -0.1) is 0 Å². The number of hydrogen-bond donors (Lipinski definition) is 3. The second-order valence-electron chi connectivity index (χ2n) is 3.75. The van der Waals surface area contributed by atoms with Crippen molar-refractivity contribution >= 4 is 11.9 Å². The zero-order valence-electron chi connectivity index (χ0n) is 8.55. The van der Waals surface area contributed by atoms with E-state index in [0.717, 1.165) is 32.5 Å². The molecule has 1 fully saturated rings. The lowest BCUT2D eigenvalue weighted by Crippen LogP contribution is -2.44. The summed E-state index contributed by atoms with van der Waals surface area (Å²) in [5, 5.41) is 10.1. The molecule has 0 spiro atoms. The predicted molar refractivity (Wildman–Crippen MR) is 54.9 cm³/mol. The van der Waals surface area contributed by atoms with Crippen molar-refractivity contribution in [1.82, 2.24) is 10.2 Å². The van der Waals surface area contributed by atoms with Crippen LogP contribution < -0.4 is 11.1 Å². The molecule has 5 nitrogen and oxygen atoms in total. The van der Waals surface area contributed by atoms with Crippen LogP contribution in [0, 0.1) is 11.3 Å². The second kappa shape index (κ2) is 4.83. The number of nitrogens with one attached hydrogen (secondary N) is 2. The number of hydrogen-bond acceptors (Lipinski definition) is 2. The Balaban J connectivity index is 2.22. The molecule has 0 saturated carbocycles. The monoisotopic (exact) mass is 198 g/mol. The van der Waals surface area contributed by atoms with Crippen LogP contribution in [0.3, 0.4) is 0 Å². The SMILES string of the molecule is CC(=O)NCC1CCN(C(=N)N)CC1. The molecule has 1 saturated heterocycles. The summed E-state index contributed by atoms with van der Waals surface area (Å²) in [7, 11) is 0. The van der Waals surface area contributed by atoms with E-state index in [1.54, 1.807) is 0 Å². The van der Waals surface area contributed by atoms with E-state index in [1.165, 1.54) is 6.92 Å². The largest absolute Gasteiger partial charge is 0.370 e. The summed E-state index contributed by atoms with van der Waals surface area (Å²) in [5.41, 5.74) is 5.37. The van der Waals surface area contributed by atoms with E-state index >= 15 is 0 Å². The van der Waals surface area contributed by atoms with Crippen LogP contribution in [0.4, 0.5) is 0 Å². The number of carbonyl (C=O) groups excluding carboxylic acids is 1. The summed E-state index contributed by atoms with van der Waals surface area (Å²) in [6.45, 7) is 3.95. The minimum atomic E-state index is 0.0268. The maximum atomic E-state index is 10.7. The van der Waals surface area contributed by atoms with Gasteiger partial charge in [0.15, 0.2) is 5.96 Å². The Kier molecular flexibility index (Phi) is 3.73. The number of carbonyl (C=O) groups is 1. The van der Waals surface area contributed by atoms with Gasteiger partial charge in [0.2, 0.25) is 5.91 Å². The first-order valence-corrected chi connectivity index (χ1v) is 4.93. The van der Waals surface area contributed by atoms with Crippen molar-refractivity contribution in [1.29, 1.82) is 5.41 Å². The Morgan fingerprint density at radius 2 is 2.14 bits per heavy atom. The highest BCUT2D eigenvalue weighted by molar-refractivity contribution is 5.74. The third-order valence-electron chi connectivity index (χ3n) is 2.59. The van der Waals surface area contributed by atoms with Crippen LogP contribution in [0.25, 0.3) is 0 Å². The van der Waals surface area contributed by atoms with Gasteiger partial charge >= 0.3 is 0 Å². The van der Waals surface area contributed by atoms with Crippen molar-refractivity contribution in [3.05, 3.63) is 0 Å². The number of guanidine groups is 1. The minimum Gasteiger partial charge on any atom is -0.370 e.